The molecule has 0 aliphatic carbocycles. The first kappa shape index (κ1) is 10.4. The van der Waals surface area contributed by atoms with Gasteiger partial charge in [-0.05, 0) is 31.2 Å². The van der Waals surface area contributed by atoms with Crippen LogP contribution < -0.4 is 5.73 Å². The Bertz CT molecular complexity index is 459. The van der Waals surface area contributed by atoms with E-state index < -0.39 is 0 Å². The van der Waals surface area contributed by atoms with Crippen LogP contribution in [0, 0.1) is 6.92 Å². The maximum absolute atomic E-state index is 5.55. The van der Waals surface area contributed by atoms with Gasteiger partial charge in [-0.15, -0.1) is 0 Å². The Kier molecular flexibility index (Phi) is 2.88. The lowest BCUT2D eigenvalue weighted by Gasteiger charge is -2.04. The Balaban J connectivity index is 2.44. The van der Waals surface area contributed by atoms with Gasteiger partial charge in [-0.25, -0.2) is 4.98 Å². The van der Waals surface area contributed by atoms with Gasteiger partial charge in [0.05, 0.1) is 5.69 Å². The summed E-state index contributed by atoms with van der Waals surface area (Å²) in [7, 11) is 0. The van der Waals surface area contributed by atoms with E-state index in [2.05, 4.69) is 20.9 Å². The second-order valence-electron chi connectivity index (χ2n) is 3.33. The van der Waals surface area contributed by atoms with Crippen LogP contribution >= 0.6 is 15.9 Å². The molecule has 0 spiro atoms. The summed E-state index contributed by atoms with van der Waals surface area (Å²) in [6.45, 7) is 2.45. The SMILES string of the molecule is Cc1nc(CN)cn1-c1ccc(Br)cc1. The van der Waals surface area contributed by atoms with E-state index in [0.29, 0.717) is 6.54 Å². The van der Waals surface area contributed by atoms with Crippen molar-refractivity contribution >= 4 is 15.9 Å². The van der Waals surface area contributed by atoms with Crippen molar-refractivity contribution in [3.63, 3.8) is 0 Å². The quantitative estimate of drug-likeness (QED) is 0.907. The van der Waals surface area contributed by atoms with Gasteiger partial charge < -0.3 is 10.3 Å². The van der Waals surface area contributed by atoms with Gasteiger partial charge in [-0.2, -0.15) is 0 Å². The van der Waals surface area contributed by atoms with E-state index in [1.54, 1.807) is 0 Å². The molecule has 0 fully saturated rings. The molecule has 15 heavy (non-hydrogen) atoms. The lowest BCUT2D eigenvalue weighted by Crippen LogP contribution is -1.95. The zero-order chi connectivity index (χ0) is 10.8. The zero-order valence-corrected chi connectivity index (χ0v) is 10.0. The summed E-state index contributed by atoms with van der Waals surface area (Å²) < 4.78 is 3.11. The predicted octanol–water partition coefficient (Wildman–Crippen LogP) is 2.40. The number of halogens is 1. The van der Waals surface area contributed by atoms with Gasteiger partial charge in [0.25, 0.3) is 0 Å². The highest BCUT2D eigenvalue weighted by molar-refractivity contribution is 9.10. The lowest BCUT2D eigenvalue weighted by molar-refractivity contribution is 0.968. The highest BCUT2D eigenvalue weighted by Gasteiger charge is 2.04. The fraction of sp³-hybridized carbons (Fsp3) is 0.182. The molecule has 1 aromatic carbocycles. The Morgan fingerprint density at radius 2 is 2.00 bits per heavy atom. The Hall–Kier alpha value is -1.13. The molecule has 0 amide bonds. The molecular formula is C11H12BrN3. The minimum Gasteiger partial charge on any atom is -0.325 e. The number of benzene rings is 1. The highest BCUT2D eigenvalue weighted by atomic mass is 79.9. The summed E-state index contributed by atoms with van der Waals surface area (Å²) in [5.41, 5.74) is 7.56. The third-order valence-electron chi connectivity index (χ3n) is 2.25. The first-order valence-electron chi connectivity index (χ1n) is 4.71. The van der Waals surface area contributed by atoms with Crippen LogP contribution in [0.1, 0.15) is 11.5 Å². The van der Waals surface area contributed by atoms with Crippen LogP contribution in [0.4, 0.5) is 0 Å². The Morgan fingerprint density at radius 1 is 1.33 bits per heavy atom. The fourth-order valence-electron chi connectivity index (χ4n) is 1.49. The van der Waals surface area contributed by atoms with E-state index in [9.17, 15) is 0 Å². The highest BCUT2D eigenvalue weighted by Crippen LogP contribution is 2.16. The van der Waals surface area contributed by atoms with Crippen LogP contribution in [0.5, 0.6) is 0 Å². The molecule has 1 aromatic heterocycles. The van der Waals surface area contributed by atoms with Gasteiger partial charge in [0.1, 0.15) is 5.82 Å². The molecule has 0 bridgehead atoms. The van der Waals surface area contributed by atoms with Crippen molar-refractivity contribution < 1.29 is 0 Å². The molecule has 4 heteroatoms. The normalized spacial score (nSPS) is 10.6. The average Bonchev–Trinajstić information content (AvgIpc) is 2.61. The second-order valence-corrected chi connectivity index (χ2v) is 4.25. The molecule has 0 radical (unpaired) electrons. The largest absolute Gasteiger partial charge is 0.325 e. The number of aryl methyl sites for hydroxylation is 1. The topological polar surface area (TPSA) is 43.8 Å². The summed E-state index contributed by atoms with van der Waals surface area (Å²) in [6.07, 6.45) is 1.97. The number of aromatic nitrogens is 2. The van der Waals surface area contributed by atoms with Crippen LogP contribution in [-0.4, -0.2) is 9.55 Å². The first-order chi connectivity index (χ1) is 7.20. The van der Waals surface area contributed by atoms with E-state index >= 15 is 0 Å². The summed E-state index contributed by atoms with van der Waals surface area (Å²) in [5, 5.41) is 0. The monoisotopic (exact) mass is 265 g/mol. The average molecular weight is 266 g/mol. The van der Waals surface area contributed by atoms with Crippen molar-refractivity contribution in [2.45, 2.75) is 13.5 Å². The van der Waals surface area contributed by atoms with Crippen LogP contribution in [0.25, 0.3) is 5.69 Å². The summed E-state index contributed by atoms with van der Waals surface area (Å²) in [5.74, 6) is 0.956. The number of hydrogen-bond acceptors (Lipinski definition) is 2. The van der Waals surface area contributed by atoms with Crippen molar-refractivity contribution in [2.75, 3.05) is 0 Å². The van der Waals surface area contributed by atoms with E-state index in [1.807, 2.05) is 42.0 Å². The smallest absolute Gasteiger partial charge is 0.110 e. The standard InChI is InChI=1S/C11H12BrN3/c1-8-14-10(6-13)7-15(8)11-4-2-9(12)3-5-11/h2-5,7H,6,13H2,1H3. The fourth-order valence-corrected chi connectivity index (χ4v) is 1.76. The molecule has 2 aromatic rings. The number of nitrogens with two attached hydrogens (primary N) is 1. The lowest BCUT2D eigenvalue weighted by atomic mass is 10.3. The maximum Gasteiger partial charge on any atom is 0.110 e. The van der Waals surface area contributed by atoms with E-state index in [4.69, 9.17) is 5.73 Å². The number of nitrogens with zero attached hydrogens (tertiary/aromatic N) is 2. The molecular weight excluding hydrogens is 254 g/mol. The van der Waals surface area contributed by atoms with Crippen LogP contribution in [0.2, 0.25) is 0 Å². The molecule has 1 heterocycles. The number of rotatable bonds is 2. The third kappa shape index (κ3) is 2.11. The van der Waals surface area contributed by atoms with E-state index in [1.165, 1.54) is 0 Å². The molecule has 2 N–H and O–H groups in total. The van der Waals surface area contributed by atoms with Crippen LogP contribution in [0.15, 0.2) is 34.9 Å². The van der Waals surface area contributed by atoms with Crippen molar-refractivity contribution in [1.82, 2.24) is 9.55 Å². The molecule has 0 saturated heterocycles. The van der Waals surface area contributed by atoms with E-state index in [0.717, 1.165) is 21.7 Å². The molecule has 3 nitrogen and oxygen atoms in total. The predicted molar refractivity (Wildman–Crippen MR) is 63.9 cm³/mol. The maximum atomic E-state index is 5.55. The van der Waals surface area contributed by atoms with Crippen molar-refractivity contribution in [2.24, 2.45) is 5.73 Å². The molecule has 78 valence electrons. The molecule has 0 unspecified atom stereocenters. The first-order valence-corrected chi connectivity index (χ1v) is 5.51. The minimum atomic E-state index is 0.477. The Labute approximate surface area is 97.1 Å². The number of hydrogen-bond donors (Lipinski definition) is 1. The summed E-state index contributed by atoms with van der Waals surface area (Å²) in [4.78, 5) is 4.35. The molecule has 0 saturated carbocycles. The van der Waals surface area contributed by atoms with Crippen molar-refractivity contribution in [3.05, 3.63) is 46.5 Å². The van der Waals surface area contributed by atoms with Crippen LogP contribution in [0.3, 0.4) is 0 Å². The molecule has 2 rings (SSSR count). The van der Waals surface area contributed by atoms with Crippen molar-refractivity contribution in [1.29, 1.82) is 0 Å². The van der Waals surface area contributed by atoms with Gasteiger partial charge in [0.2, 0.25) is 0 Å². The number of imidazole rings is 1. The van der Waals surface area contributed by atoms with Gasteiger partial charge in [0.15, 0.2) is 0 Å². The van der Waals surface area contributed by atoms with Gasteiger partial charge in [-0.1, -0.05) is 15.9 Å². The third-order valence-corrected chi connectivity index (χ3v) is 2.77. The van der Waals surface area contributed by atoms with Gasteiger partial charge in [-0.3, -0.25) is 0 Å². The summed E-state index contributed by atoms with van der Waals surface area (Å²) >= 11 is 3.41. The van der Waals surface area contributed by atoms with Crippen LogP contribution in [-0.2, 0) is 6.54 Å². The Morgan fingerprint density at radius 3 is 2.53 bits per heavy atom. The minimum absolute atomic E-state index is 0.477. The molecule has 0 aliphatic rings. The second kappa shape index (κ2) is 4.16. The zero-order valence-electron chi connectivity index (χ0n) is 8.44. The van der Waals surface area contributed by atoms with E-state index in [-0.39, 0.29) is 0 Å². The van der Waals surface area contributed by atoms with Gasteiger partial charge in [0, 0.05) is 22.9 Å². The summed E-state index contributed by atoms with van der Waals surface area (Å²) in [6, 6.07) is 8.10. The molecule has 0 aliphatic heterocycles. The molecule has 0 atom stereocenters. The van der Waals surface area contributed by atoms with Crippen molar-refractivity contribution in [3.8, 4) is 5.69 Å². The van der Waals surface area contributed by atoms with Gasteiger partial charge >= 0.3 is 0 Å².